The number of aryl methyl sites for hydroxylation is 1. The van der Waals surface area contributed by atoms with E-state index >= 15 is 0 Å². The molecule has 0 atom stereocenters. The second-order valence-corrected chi connectivity index (χ2v) is 11.1. The van der Waals surface area contributed by atoms with Gasteiger partial charge >= 0.3 is 0 Å². The van der Waals surface area contributed by atoms with Crippen molar-refractivity contribution < 1.29 is 21.6 Å². The summed E-state index contributed by atoms with van der Waals surface area (Å²) in [6, 6.07) is 11.2. The van der Waals surface area contributed by atoms with Crippen LogP contribution in [0.15, 0.2) is 56.7 Å². The summed E-state index contributed by atoms with van der Waals surface area (Å²) in [4.78, 5) is 0.552. The minimum Gasteiger partial charge on any atom is -0.380 e. The number of hydrogen-bond acceptors (Lipinski definition) is 6. The highest BCUT2D eigenvalue weighted by Crippen LogP contribution is 2.22. The zero-order valence-electron chi connectivity index (χ0n) is 16.3. The Bertz CT molecular complexity index is 1300. The number of hydrogen-bond donors (Lipinski definition) is 0. The highest BCUT2D eigenvalue weighted by molar-refractivity contribution is 7.90. The Balaban J connectivity index is 2.19. The SMILES string of the molecule is CCOCCn1/c(=N/S(=O)(=O)c2ccc(C)cc2)sc2cc(S(C)(=O)=O)ccc21. The zero-order chi connectivity index (χ0) is 21.2. The molecule has 10 heteroatoms. The maximum Gasteiger partial charge on any atom is 0.285 e. The molecular weight excluding hydrogens is 432 g/mol. The van der Waals surface area contributed by atoms with E-state index in [1.807, 2.05) is 13.8 Å². The summed E-state index contributed by atoms with van der Waals surface area (Å²) in [6.07, 6.45) is 1.14. The van der Waals surface area contributed by atoms with E-state index in [9.17, 15) is 16.8 Å². The van der Waals surface area contributed by atoms with Crippen molar-refractivity contribution in [3.8, 4) is 0 Å². The lowest BCUT2D eigenvalue weighted by Crippen LogP contribution is -2.20. The highest BCUT2D eigenvalue weighted by atomic mass is 32.2. The Kier molecular flexibility index (Phi) is 6.27. The number of rotatable bonds is 7. The quantitative estimate of drug-likeness (QED) is 0.512. The molecule has 0 bridgehead atoms. The number of nitrogens with zero attached hydrogens (tertiary/aromatic N) is 2. The molecule has 3 aromatic rings. The first-order chi connectivity index (χ1) is 13.6. The van der Waals surface area contributed by atoms with Gasteiger partial charge in [-0.1, -0.05) is 29.0 Å². The van der Waals surface area contributed by atoms with Crippen LogP contribution in [0.25, 0.3) is 10.2 Å². The first kappa shape index (κ1) is 21.7. The van der Waals surface area contributed by atoms with E-state index in [0.29, 0.717) is 30.0 Å². The van der Waals surface area contributed by atoms with Gasteiger partial charge in [0.25, 0.3) is 10.0 Å². The fourth-order valence-electron chi connectivity index (χ4n) is 2.74. The molecule has 0 saturated heterocycles. The Morgan fingerprint density at radius 2 is 1.69 bits per heavy atom. The molecule has 7 nitrogen and oxygen atoms in total. The Morgan fingerprint density at radius 1 is 1.03 bits per heavy atom. The van der Waals surface area contributed by atoms with Crippen LogP contribution in [0.1, 0.15) is 12.5 Å². The molecule has 156 valence electrons. The largest absolute Gasteiger partial charge is 0.380 e. The first-order valence-corrected chi connectivity index (χ1v) is 13.1. The Hall–Kier alpha value is -2.01. The number of benzene rings is 2. The van der Waals surface area contributed by atoms with Crippen LogP contribution in [0, 0.1) is 6.92 Å². The average Bonchev–Trinajstić information content (AvgIpc) is 2.97. The third kappa shape index (κ3) is 4.95. The van der Waals surface area contributed by atoms with Crippen molar-refractivity contribution in [1.29, 1.82) is 0 Å². The first-order valence-electron chi connectivity index (χ1n) is 8.90. The molecule has 3 rings (SSSR count). The van der Waals surface area contributed by atoms with E-state index in [1.165, 1.54) is 18.2 Å². The predicted octanol–water partition coefficient (Wildman–Crippen LogP) is 2.74. The molecule has 0 unspecified atom stereocenters. The van der Waals surface area contributed by atoms with Gasteiger partial charge < -0.3 is 9.30 Å². The van der Waals surface area contributed by atoms with Crippen LogP contribution in [0.5, 0.6) is 0 Å². The molecule has 1 heterocycles. The van der Waals surface area contributed by atoms with Gasteiger partial charge in [0.2, 0.25) is 4.80 Å². The van der Waals surface area contributed by atoms with Crippen LogP contribution in [0.2, 0.25) is 0 Å². The van der Waals surface area contributed by atoms with E-state index in [-0.39, 0.29) is 14.6 Å². The number of sulfone groups is 1. The maximum absolute atomic E-state index is 12.8. The summed E-state index contributed by atoms with van der Waals surface area (Å²) in [5.74, 6) is 0. The fraction of sp³-hybridized carbons (Fsp3) is 0.316. The number of sulfonamides is 1. The van der Waals surface area contributed by atoms with Crippen molar-refractivity contribution in [3.05, 3.63) is 52.8 Å². The number of thiazole rings is 1. The molecule has 29 heavy (non-hydrogen) atoms. The molecule has 0 aliphatic heterocycles. The van der Waals surface area contributed by atoms with Crippen LogP contribution in [-0.2, 0) is 31.1 Å². The van der Waals surface area contributed by atoms with E-state index in [1.54, 1.807) is 28.8 Å². The molecule has 0 aliphatic carbocycles. The summed E-state index contributed by atoms with van der Waals surface area (Å²) in [7, 11) is -7.29. The van der Waals surface area contributed by atoms with Gasteiger partial charge in [0.05, 0.1) is 26.6 Å². The summed E-state index contributed by atoms with van der Waals surface area (Å²) < 4.78 is 61.2. The summed E-state index contributed by atoms with van der Waals surface area (Å²) in [5.41, 5.74) is 1.66. The molecule has 1 aromatic heterocycles. The van der Waals surface area contributed by atoms with Gasteiger partial charge in [0.1, 0.15) is 0 Å². The average molecular weight is 455 g/mol. The molecule has 0 fully saturated rings. The zero-order valence-corrected chi connectivity index (χ0v) is 18.8. The van der Waals surface area contributed by atoms with Crippen LogP contribution < -0.4 is 4.80 Å². The molecular formula is C19H22N2O5S3. The molecule has 0 amide bonds. The lowest BCUT2D eigenvalue weighted by Gasteiger charge is -2.06. The predicted molar refractivity (Wildman–Crippen MR) is 113 cm³/mol. The van der Waals surface area contributed by atoms with Crippen molar-refractivity contribution in [3.63, 3.8) is 0 Å². The minimum atomic E-state index is -3.91. The normalized spacial score (nSPS) is 13.3. The molecule has 0 radical (unpaired) electrons. The van der Waals surface area contributed by atoms with Crippen molar-refractivity contribution in [2.45, 2.75) is 30.2 Å². The van der Waals surface area contributed by atoms with Gasteiger partial charge in [-0.05, 0) is 44.2 Å². The standard InChI is InChI=1S/C19H22N2O5S3/c1-4-26-12-11-21-17-10-9-16(28(3,22)23)13-18(17)27-19(21)20-29(24,25)15-7-5-14(2)6-8-15/h5-10,13H,4,11-12H2,1-3H3/b20-19-. The Morgan fingerprint density at radius 3 is 2.31 bits per heavy atom. The van der Waals surface area contributed by atoms with Crippen LogP contribution >= 0.6 is 11.3 Å². The molecule has 0 spiro atoms. The van der Waals surface area contributed by atoms with E-state index in [2.05, 4.69) is 4.40 Å². The van der Waals surface area contributed by atoms with Crippen LogP contribution in [-0.4, -0.2) is 40.9 Å². The summed E-state index contributed by atoms with van der Waals surface area (Å²) >= 11 is 1.13. The molecule has 0 aliphatic rings. The van der Waals surface area contributed by atoms with Gasteiger partial charge in [-0.25, -0.2) is 8.42 Å². The number of fused-ring (bicyclic) bond motifs is 1. The Labute approximate surface area is 174 Å². The van der Waals surface area contributed by atoms with Gasteiger partial charge in [-0.2, -0.15) is 8.42 Å². The van der Waals surface area contributed by atoms with Gasteiger partial charge in [0.15, 0.2) is 9.84 Å². The topological polar surface area (TPSA) is 94.8 Å². The summed E-state index contributed by atoms with van der Waals surface area (Å²) in [6.45, 7) is 5.07. The fourth-order valence-corrected chi connectivity index (χ4v) is 5.76. The van der Waals surface area contributed by atoms with Gasteiger partial charge in [-0.15, -0.1) is 4.40 Å². The lowest BCUT2D eigenvalue weighted by atomic mass is 10.2. The van der Waals surface area contributed by atoms with E-state index < -0.39 is 19.9 Å². The molecule has 0 saturated carbocycles. The maximum atomic E-state index is 12.8. The highest BCUT2D eigenvalue weighted by Gasteiger charge is 2.16. The second-order valence-electron chi connectivity index (χ2n) is 6.51. The van der Waals surface area contributed by atoms with E-state index in [0.717, 1.165) is 23.2 Å². The van der Waals surface area contributed by atoms with Crippen LogP contribution in [0.3, 0.4) is 0 Å². The minimum absolute atomic E-state index is 0.105. The smallest absolute Gasteiger partial charge is 0.285 e. The summed E-state index contributed by atoms with van der Waals surface area (Å²) in [5, 5.41) is 0. The van der Waals surface area contributed by atoms with Crippen molar-refractivity contribution >= 4 is 41.4 Å². The van der Waals surface area contributed by atoms with Crippen molar-refractivity contribution in [2.24, 2.45) is 4.40 Å². The molecule has 2 aromatic carbocycles. The third-order valence-corrected chi connectivity index (χ3v) is 7.81. The van der Waals surface area contributed by atoms with Gasteiger partial charge in [0, 0.05) is 19.4 Å². The van der Waals surface area contributed by atoms with Gasteiger partial charge in [-0.3, -0.25) is 0 Å². The number of ether oxygens (including phenoxy) is 1. The third-order valence-electron chi connectivity index (χ3n) is 4.26. The van der Waals surface area contributed by atoms with Crippen molar-refractivity contribution in [1.82, 2.24) is 4.57 Å². The van der Waals surface area contributed by atoms with Crippen LogP contribution in [0.4, 0.5) is 0 Å². The second kappa shape index (κ2) is 8.39. The molecule has 0 N–H and O–H groups in total. The number of aromatic nitrogens is 1. The monoisotopic (exact) mass is 454 g/mol. The lowest BCUT2D eigenvalue weighted by molar-refractivity contribution is 0.139. The van der Waals surface area contributed by atoms with Crippen molar-refractivity contribution in [2.75, 3.05) is 19.5 Å². The van der Waals surface area contributed by atoms with E-state index in [4.69, 9.17) is 4.74 Å².